The molecule has 0 atom stereocenters. The van der Waals surface area contributed by atoms with E-state index in [4.69, 9.17) is 22.1 Å². The van der Waals surface area contributed by atoms with Crippen molar-refractivity contribution >= 4 is 11.6 Å². The lowest BCUT2D eigenvalue weighted by atomic mass is 10.0. The van der Waals surface area contributed by atoms with Crippen molar-refractivity contribution < 1.29 is 4.74 Å². The largest absolute Gasteiger partial charge is 0.496 e. The Labute approximate surface area is 106 Å². The first-order valence-electron chi connectivity index (χ1n) is 5.37. The molecule has 2 aromatic carbocycles. The fraction of sp³-hybridized carbons (Fsp3) is 0.143. The predicted octanol–water partition coefficient (Wildman–Crippen LogP) is 3.47. The summed E-state index contributed by atoms with van der Waals surface area (Å²) in [4.78, 5) is 0. The molecule has 0 aliphatic carbocycles. The van der Waals surface area contributed by atoms with E-state index in [1.807, 2.05) is 42.5 Å². The molecule has 0 amide bonds. The molecule has 0 bridgehead atoms. The SMILES string of the molecule is COc1cc(CN)ccc1-c1ccc(Cl)cc1. The van der Waals surface area contributed by atoms with Gasteiger partial charge in [-0.2, -0.15) is 0 Å². The van der Waals surface area contributed by atoms with Crippen molar-refractivity contribution in [1.29, 1.82) is 0 Å². The summed E-state index contributed by atoms with van der Waals surface area (Å²) in [5.74, 6) is 0.829. The molecule has 0 saturated carbocycles. The van der Waals surface area contributed by atoms with Crippen LogP contribution in [0.5, 0.6) is 5.75 Å². The van der Waals surface area contributed by atoms with Crippen LogP contribution in [-0.2, 0) is 6.54 Å². The van der Waals surface area contributed by atoms with E-state index in [1.165, 1.54) is 0 Å². The van der Waals surface area contributed by atoms with E-state index in [2.05, 4.69) is 0 Å². The van der Waals surface area contributed by atoms with E-state index < -0.39 is 0 Å². The summed E-state index contributed by atoms with van der Waals surface area (Å²) in [7, 11) is 1.66. The Morgan fingerprint density at radius 2 is 1.82 bits per heavy atom. The van der Waals surface area contributed by atoms with Crippen molar-refractivity contribution in [3.63, 3.8) is 0 Å². The lowest BCUT2D eigenvalue weighted by molar-refractivity contribution is 0.416. The molecule has 0 saturated heterocycles. The van der Waals surface area contributed by atoms with Gasteiger partial charge in [0.2, 0.25) is 0 Å². The number of rotatable bonds is 3. The van der Waals surface area contributed by atoms with Crippen LogP contribution in [0, 0.1) is 0 Å². The summed E-state index contributed by atoms with van der Waals surface area (Å²) in [5, 5.41) is 0.728. The lowest BCUT2D eigenvalue weighted by Crippen LogP contribution is -1.97. The lowest BCUT2D eigenvalue weighted by Gasteiger charge is -2.10. The molecule has 2 aromatic rings. The molecular formula is C14H14ClNO. The van der Waals surface area contributed by atoms with Gasteiger partial charge in [-0.3, -0.25) is 0 Å². The summed E-state index contributed by atoms with van der Waals surface area (Å²) in [6.45, 7) is 0.511. The number of methoxy groups -OCH3 is 1. The molecular weight excluding hydrogens is 234 g/mol. The molecule has 0 unspecified atom stereocenters. The third-order valence-corrected chi connectivity index (χ3v) is 2.91. The highest BCUT2D eigenvalue weighted by atomic mass is 35.5. The van der Waals surface area contributed by atoms with E-state index in [9.17, 15) is 0 Å². The van der Waals surface area contributed by atoms with Crippen molar-refractivity contribution in [3.05, 3.63) is 53.1 Å². The highest BCUT2D eigenvalue weighted by molar-refractivity contribution is 6.30. The molecule has 0 radical (unpaired) electrons. The standard InChI is InChI=1S/C14H14ClNO/c1-17-14-8-10(9-16)2-7-13(14)11-3-5-12(15)6-4-11/h2-8H,9,16H2,1H3. The molecule has 3 heteroatoms. The van der Waals surface area contributed by atoms with Gasteiger partial charge in [0.25, 0.3) is 0 Å². The topological polar surface area (TPSA) is 35.2 Å². The number of benzene rings is 2. The van der Waals surface area contributed by atoms with Crippen LogP contribution in [0.15, 0.2) is 42.5 Å². The molecule has 2 N–H and O–H groups in total. The van der Waals surface area contributed by atoms with Crippen LogP contribution in [0.1, 0.15) is 5.56 Å². The molecule has 0 aliphatic heterocycles. The van der Waals surface area contributed by atoms with Crippen LogP contribution < -0.4 is 10.5 Å². The molecule has 0 spiro atoms. The molecule has 0 fully saturated rings. The van der Waals surface area contributed by atoms with Crippen molar-refractivity contribution in [2.75, 3.05) is 7.11 Å². The first-order chi connectivity index (χ1) is 8.24. The first-order valence-corrected chi connectivity index (χ1v) is 5.75. The zero-order valence-electron chi connectivity index (χ0n) is 9.61. The van der Waals surface area contributed by atoms with Crippen LogP contribution in [0.4, 0.5) is 0 Å². The average molecular weight is 248 g/mol. The molecule has 2 nitrogen and oxygen atoms in total. The average Bonchev–Trinajstić information content (AvgIpc) is 2.39. The monoisotopic (exact) mass is 247 g/mol. The summed E-state index contributed by atoms with van der Waals surface area (Å²) < 4.78 is 5.38. The van der Waals surface area contributed by atoms with E-state index in [-0.39, 0.29) is 0 Å². The third kappa shape index (κ3) is 2.60. The van der Waals surface area contributed by atoms with E-state index in [0.717, 1.165) is 27.5 Å². The molecule has 88 valence electrons. The maximum Gasteiger partial charge on any atom is 0.127 e. The van der Waals surface area contributed by atoms with Gasteiger partial charge in [0.15, 0.2) is 0 Å². The van der Waals surface area contributed by atoms with Crippen LogP contribution in [0.3, 0.4) is 0 Å². The van der Waals surface area contributed by atoms with Gasteiger partial charge in [0, 0.05) is 17.1 Å². The number of hydrogen-bond acceptors (Lipinski definition) is 2. The number of ether oxygens (including phenoxy) is 1. The minimum Gasteiger partial charge on any atom is -0.496 e. The summed E-state index contributed by atoms with van der Waals surface area (Å²) >= 11 is 5.87. The first kappa shape index (κ1) is 12.0. The van der Waals surface area contributed by atoms with Crippen molar-refractivity contribution in [2.45, 2.75) is 6.54 Å². The Hall–Kier alpha value is -1.51. The fourth-order valence-electron chi connectivity index (χ4n) is 1.73. The van der Waals surface area contributed by atoms with Gasteiger partial charge in [-0.15, -0.1) is 0 Å². The Kier molecular flexibility index (Phi) is 3.67. The van der Waals surface area contributed by atoms with Crippen molar-refractivity contribution in [1.82, 2.24) is 0 Å². The van der Waals surface area contributed by atoms with E-state index in [1.54, 1.807) is 7.11 Å². The molecule has 0 aromatic heterocycles. The van der Waals surface area contributed by atoms with Crippen LogP contribution in [-0.4, -0.2) is 7.11 Å². The van der Waals surface area contributed by atoms with Gasteiger partial charge in [0.05, 0.1) is 7.11 Å². The smallest absolute Gasteiger partial charge is 0.127 e. The second kappa shape index (κ2) is 5.21. The summed E-state index contributed by atoms with van der Waals surface area (Å²) in [5.41, 5.74) is 8.79. The zero-order valence-corrected chi connectivity index (χ0v) is 10.4. The second-order valence-corrected chi connectivity index (χ2v) is 4.18. The Morgan fingerprint density at radius 3 is 2.41 bits per heavy atom. The third-order valence-electron chi connectivity index (χ3n) is 2.66. The number of halogens is 1. The Bertz CT molecular complexity index is 508. The van der Waals surface area contributed by atoms with Gasteiger partial charge in [0.1, 0.15) is 5.75 Å². The minimum absolute atomic E-state index is 0.511. The van der Waals surface area contributed by atoms with Crippen molar-refractivity contribution in [2.24, 2.45) is 5.73 Å². The van der Waals surface area contributed by atoms with Crippen LogP contribution in [0.25, 0.3) is 11.1 Å². The van der Waals surface area contributed by atoms with Gasteiger partial charge in [-0.05, 0) is 29.3 Å². The Balaban J connectivity index is 2.47. The maximum absolute atomic E-state index is 5.87. The van der Waals surface area contributed by atoms with Crippen LogP contribution in [0.2, 0.25) is 5.02 Å². The summed E-state index contributed by atoms with van der Waals surface area (Å²) in [6, 6.07) is 13.7. The minimum atomic E-state index is 0.511. The highest BCUT2D eigenvalue weighted by Crippen LogP contribution is 2.31. The van der Waals surface area contributed by atoms with E-state index >= 15 is 0 Å². The Morgan fingerprint density at radius 1 is 1.12 bits per heavy atom. The number of nitrogens with two attached hydrogens (primary N) is 1. The predicted molar refractivity (Wildman–Crippen MR) is 71.3 cm³/mol. The van der Waals surface area contributed by atoms with Gasteiger partial charge < -0.3 is 10.5 Å². The fourth-order valence-corrected chi connectivity index (χ4v) is 1.86. The molecule has 17 heavy (non-hydrogen) atoms. The molecule has 0 aliphatic rings. The quantitative estimate of drug-likeness (QED) is 0.901. The second-order valence-electron chi connectivity index (χ2n) is 3.75. The molecule has 0 heterocycles. The van der Waals surface area contributed by atoms with Crippen molar-refractivity contribution in [3.8, 4) is 16.9 Å². The zero-order chi connectivity index (χ0) is 12.3. The van der Waals surface area contributed by atoms with Gasteiger partial charge in [-0.25, -0.2) is 0 Å². The highest BCUT2D eigenvalue weighted by Gasteiger charge is 2.06. The molecule has 2 rings (SSSR count). The van der Waals surface area contributed by atoms with Gasteiger partial charge >= 0.3 is 0 Å². The van der Waals surface area contributed by atoms with E-state index in [0.29, 0.717) is 6.54 Å². The summed E-state index contributed by atoms with van der Waals surface area (Å²) in [6.07, 6.45) is 0. The number of hydrogen-bond donors (Lipinski definition) is 1. The normalized spacial score (nSPS) is 10.3. The van der Waals surface area contributed by atoms with Crippen LogP contribution >= 0.6 is 11.6 Å². The maximum atomic E-state index is 5.87. The van der Waals surface area contributed by atoms with Gasteiger partial charge in [-0.1, -0.05) is 35.9 Å².